The van der Waals surface area contributed by atoms with Crippen LogP contribution < -0.4 is 0 Å². The number of para-hydroxylation sites is 1. The van der Waals surface area contributed by atoms with E-state index in [1.807, 2.05) is 67.6 Å². The molecule has 8 rings (SSSR count). The quantitative estimate of drug-likeness (QED) is 0.167. The number of aryl methyl sites for hydroxylation is 1. The molecule has 302 valence electrons. The molecule has 0 radical (unpaired) electrons. The standard InChI is InChI=1S/C56H57N3O/c1-11-56(9,10)42-25-26-49(46(34-42)38-21-16-13-17-22-38)59-50-24-18-23-45(51(50)58-53(59)47-35-43(54(3,4)5)29-36(2)52(47)60)40-30-41(32-44(31-40)55(6,7)8)48-33-39(27-28-57-48)37-19-14-12-15-20-37/h12-35,60H,11H2,1-10H3/i12D,14D,15D,19D,20D,27D,28D,33D. The molecule has 0 unspecified atom stereocenters. The van der Waals surface area contributed by atoms with Crippen molar-refractivity contribution in [2.45, 2.75) is 91.9 Å². The Morgan fingerprint density at radius 1 is 0.617 bits per heavy atom. The third kappa shape index (κ3) is 7.68. The van der Waals surface area contributed by atoms with Crippen LogP contribution in [-0.2, 0) is 16.2 Å². The molecule has 2 aromatic heterocycles. The number of phenolic OH excluding ortho intramolecular Hbond substituents is 1. The number of nitrogens with zero attached hydrogens (tertiary/aromatic N) is 3. The maximum atomic E-state index is 12.1. The molecule has 0 spiro atoms. The average molecular weight is 796 g/mol. The first-order chi connectivity index (χ1) is 31.8. The highest BCUT2D eigenvalue weighted by Gasteiger charge is 2.27. The number of aromatic nitrogens is 3. The van der Waals surface area contributed by atoms with E-state index in [-0.39, 0.29) is 39.4 Å². The number of hydrogen-bond donors (Lipinski definition) is 1. The summed E-state index contributed by atoms with van der Waals surface area (Å²) in [6.45, 7) is 21.3. The van der Waals surface area contributed by atoms with Gasteiger partial charge in [-0.1, -0.05) is 153 Å². The van der Waals surface area contributed by atoms with Gasteiger partial charge in [-0.3, -0.25) is 9.55 Å². The lowest BCUT2D eigenvalue weighted by molar-refractivity contribution is 0.471. The van der Waals surface area contributed by atoms with E-state index in [4.69, 9.17) is 14.6 Å². The third-order valence-corrected chi connectivity index (χ3v) is 11.8. The molecule has 0 fully saturated rings. The van der Waals surface area contributed by atoms with Crippen LogP contribution in [0.15, 0.2) is 146 Å². The van der Waals surface area contributed by atoms with Gasteiger partial charge in [-0.05, 0) is 123 Å². The lowest BCUT2D eigenvalue weighted by Crippen LogP contribution is -2.16. The van der Waals surface area contributed by atoms with Crippen molar-refractivity contribution in [1.29, 1.82) is 0 Å². The van der Waals surface area contributed by atoms with Crippen molar-refractivity contribution >= 4 is 11.0 Å². The molecule has 2 heterocycles. The Kier molecular flexibility index (Phi) is 8.12. The van der Waals surface area contributed by atoms with Gasteiger partial charge < -0.3 is 5.11 Å². The first-order valence-corrected chi connectivity index (χ1v) is 20.6. The molecule has 8 aromatic rings. The van der Waals surface area contributed by atoms with Crippen molar-refractivity contribution in [2.75, 3.05) is 0 Å². The Bertz CT molecular complexity index is 3300. The summed E-state index contributed by atoms with van der Waals surface area (Å²) in [5.41, 5.74) is 9.36. The molecule has 0 aliphatic rings. The number of phenols is 1. The summed E-state index contributed by atoms with van der Waals surface area (Å²) in [6, 6.07) is 29.1. The predicted molar refractivity (Wildman–Crippen MR) is 253 cm³/mol. The fourth-order valence-electron chi connectivity index (χ4n) is 7.65. The van der Waals surface area contributed by atoms with Gasteiger partial charge in [0.2, 0.25) is 0 Å². The van der Waals surface area contributed by atoms with Gasteiger partial charge in [-0.15, -0.1) is 0 Å². The zero-order chi connectivity index (χ0) is 49.5. The zero-order valence-corrected chi connectivity index (χ0v) is 36.2. The summed E-state index contributed by atoms with van der Waals surface area (Å²) in [5.74, 6) is 0.681. The SMILES string of the molecule is [2H]c1nc(-c2cc(-c3cccc4c3nc(-c3cc(C(C)(C)C)cc(C)c3O)n4-c3ccc(C(C)(C)CC)cc3-c3ccccc3)cc(C(C)(C)C)c2)c([2H])c(-c2c([2H])c([2H])c([2H])c([2H])c2[2H])c1[2H]. The number of pyridine rings is 1. The lowest BCUT2D eigenvalue weighted by Gasteiger charge is -2.26. The molecule has 1 N–H and O–H groups in total. The molecule has 0 atom stereocenters. The Labute approximate surface area is 367 Å². The van der Waals surface area contributed by atoms with Crippen LogP contribution in [0.4, 0.5) is 0 Å². The molecule has 60 heavy (non-hydrogen) atoms. The van der Waals surface area contributed by atoms with E-state index in [1.165, 1.54) is 5.56 Å². The molecule has 0 saturated heterocycles. The van der Waals surface area contributed by atoms with E-state index in [1.54, 1.807) is 0 Å². The summed E-state index contributed by atoms with van der Waals surface area (Å²) in [7, 11) is 0. The van der Waals surface area contributed by atoms with Crippen molar-refractivity contribution in [3.05, 3.63) is 168 Å². The van der Waals surface area contributed by atoms with E-state index in [2.05, 4.69) is 108 Å². The van der Waals surface area contributed by atoms with Crippen molar-refractivity contribution in [2.24, 2.45) is 0 Å². The Hall–Kier alpha value is -6.26. The van der Waals surface area contributed by atoms with E-state index >= 15 is 0 Å². The normalized spacial score (nSPS) is 14.2. The van der Waals surface area contributed by atoms with Gasteiger partial charge in [0.1, 0.15) is 11.6 Å². The van der Waals surface area contributed by atoms with Crippen molar-refractivity contribution in [1.82, 2.24) is 14.5 Å². The Morgan fingerprint density at radius 3 is 2.00 bits per heavy atom. The monoisotopic (exact) mass is 796 g/mol. The van der Waals surface area contributed by atoms with Crippen molar-refractivity contribution < 1.29 is 16.1 Å². The van der Waals surface area contributed by atoms with Gasteiger partial charge in [0, 0.05) is 22.9 Å². The van der Waals surface area contributed by atoms with Crippen LogP contribution >= 0.6 is 0 Å². The van der Waals surface area contributed by atoms with Crippen LogP contribution in [0.1, 0.15) is 102 Å². The van der Waals surface area contributed by atoms with Crippen molar-refractivity contribution in [3.8, 4) is 67.5 Å². The van der Waals surface area contributed by atoms with E-state index in [9.17, 15) is 6.48 Å². The molecule has 6 aromatic carbocycles. The number of rotatable bonds is 8. The molecule has 0 aliphatic carbocycles. The predicted octanol–water partition coefficient (Wildman–Crippen LogP) is 15.1. The number of benzene rings is 6. The largest absolute Gasteiger partial charge is 0.507 e. The van der Waals surface area contributed by atoms with Crippen LogP contribution in [0.5, 0.6) is 5.75 Å². The maximum Gasteiger partial charge on any atom is 0.149 e. The summed E-state index contributed by atoms with van der Waals surface area (Å²) < 4.78 is 71.7. The Balaban J connectivity index is 1.47. The first kappa shape index (κ1) is 31.6. The number of imidazole rings is 1. The highest BCUT2D eigenvalue weighted by atomic mass is 16.3. The van der Waals surface area contributed by atoms with Gasteiger partial charge >= 0.3 is 0 Å². The summed E-state index contributed by atoms with van der Waals surface area (Å²) in [6.07, 6.45) is 0.440. The summed E-state index contributed by atoms with van der Waals surface area (Å²) in [4.78, 5) is 9.99. The zero-order valence-electron chi connectivity index (χ0n) is 44.2. The molecule has 4 heteroatoms. The first-order valence-electron chi connectivity index (χ1n) is 24.6. The fraction of sp³-hybridized carbons (Fsp3) is 0.250. The van der Waals surface area contributed by atoms with Gasteiger partial charge in [-0.2, -0.15) is 0 Å². The van der Waals surface area contributed by atoms with Gasteiger partial charge in [-0.25, -0.2) is 4.98 Å². The topological polar surface area (TPSA) is 50.9 Å². The van der Waals surface area contributed by atoms with Crippen LogP contribution in [0, 0.1) is 6.92 Å². The second kappa shape index (κ2) is 15.4. The van der Waals surface area contributed by atoms with Crippen LogP contribution in [0.2, 0.25) is 0 Å². The number of aromatic hydroxyl groups is 1. The third-order valence-electron chi connectivity index (χ3n) is 11.8. The molecular formula is C56H57N3O. The van der Waals surface area contributed by atoms with Crippen LogP contribution in [0.3, 0.4) is 0 Å². The highest BCUT2D eigenvalue weighted by Crippen LogP contribution is 2.44. The Morgan fingerprint density at radius 2 is 1.30 bits per heavy atom. The molecule has 0 bridgehead atoms. The summed E-state index contributed by atoms with van der Waals surface area (Å²) >= 11 is 0. The minimum Gasteiger partial charge on any atom is -0.507 e. The van der Waals surface area contributed by atoms with Crippen molar-refractivity contribution in [3.63, 3.8) is 0 Å². The fourth-order valence-corrected chi connectivity index (χ4v) is 7.65. The van der Waals surface area contributed by atoms with Gasteiger partial charge in [0.25, 0.3) is 0 Å². The molecule has 4 nitrogen and oxygen atoms in total. The smallest absolute Gasteiger partial charge is 0.149 e. The molecular weight excluding hydrogens is 731 g/mol. The lowest BCUT2D eigenvalue weighted by atomic mass is 9.81. The van der Waals surface area contributed by atoms with E-state index in [0.717, 1.165) is 56.6 Å². The highest BCUT2D eigenvalue weighted by molar-refractivity contribution is 5.98. The van der Waals surface area contributed by atoms with Crippen LogP contribution in [-0.4, -0.2) is 19.6 Å². The number of hydrogen-bond acceptors (Lipinski definition) is 3. The van der Waals surface area contributed by atoms with Gasteiger partial charge in [0.15, 0.2) is 0 Å². The van der Waals surface area contributed by atoms with Gasteiger partial charge in [0.05, 0.1) is 38.9 Å². The minimum atomic E-state index is -0.598. The van der Waals surface area contributed by atoms with Crippen LogP contribution in [0.25, 0.3) is 72.7 Å². The van der Waals surface area contributed by atoms with E-state index < -0.39 is 47.8 Å². The second-order valence-corrected chi connectivity index (χ2v) is 18.5. The maximum absolute atomic E-state index is 12.1. The molecule has 0 aliphatic heterocycles. The molecule has 0 amide bonds. The average Bonchev–Trinajstić information content (AvgIpc) is 3.69. The van der Waals surface area contributed by atoms with E-state index in [0.29, 0.717) is 22.5 Å². The minimum absolute atomic E-state index is 0.0283. The second-order valence-electron chi connectivity index (χ2n) is 18.5. The molecule has 0 saturated carbocycles. The summed E-state index contributed by atoms with van der Waals surface area (Å²) in [5, 5.41) is 12.1. The number of fused-ring (bicyclic) bond motifs is 1.